The Labute approximate surface area is 103 Å². The van der Waals surface area contributed by atoms with Gasteiger partial charge in [0.05, 0.1) is 4.92 Å². The van der Waals surface area contributed by atoms with Crippen LogP contribution in [-0.4, -0.2) is 32.5 Å². The Hall–Kier alpha value is -2.25. The zero-order valence-corrected chi connectivity index (χ0v) is 9.70. The van der Waals surface area contributed by atoms with Crippen molar-refractivity contribution in [2.24, 2.45) is 0 Å². The van der Waals surface area contributed by atoms with Crippen molar-refractivity contribution in [2.45, 2.75) is 25.7 Å². The highest BCUT2D eigenvalue weighted by atomic mass is 16.6. The molecule has 0 radical (unpaired) electrons. The lowest BCUT2D eigenvalue weighted by atomic mass is 10.2. The van der Waals surface area contributed by atoms with Gasteiger partial charge in [-0.05, 0) is 12.8 Å². The molecule has 18 heavy (non-hydrogen) atoms. The van der Waals surface area contributed by atoms with Crippen LogP contribution in [0, 0.1) is 10.1 Å². The molecule has 0 saturated heterocycles. The molecule has 98 valence electrons. The third-order valence-electron chi connectivity index (χ3n) is 2.20. The van der Waals surface area contributed by atoms with E-state index in [1.165, 1.54) is 0 Å². The molecule has 0 aliphatic heterocycles. The summed E-state index contributed by atoms with van der Waals surface area (Å²) >= 11 is 0. The van der Waals surface area contributed by atoms with E-state index in [1.807, 2.05) is 0 Å². The molecule has 0 aliphatic rings. The number of aliphatic carboxylic acids is 1. The Morgan fingerprint density at radius 1 is 1.33 bits per heavy atom. The van der Waals surface area contributed by atoms with Crippen molar-refractivity contribution >= 4 is 17.6 Å². The van der Waals surface area contributed by atoms with Crippen molar-refractivity contribution in [2.75, 3.05) is 11.9 Å². The molecule has 0 saturated carbocycles. The molecule has 0 spiro atoms. The summed E-state index contributed by atoms with van der Waals surface area (Å²) in [6.45, 7) is 0.609. The minimum atomic E-state index is -0.790. The van der Waals surface area contributed by atoms with Crippen LogP contribution < -0.4 is 5.32 Å². The number of nitrogens with zero attached hydrogens (tertiary/aromatic N) is 3. The maximum atomic E-state index is 10.4. The van der Waals surface area contributed by atoms with E-state index in [9.17, 15) is 14.9 Å². The summed E-state index contributed by atoms with van der Waals surface area (Å²) in [4.78, 5) is 27.6. The lowest BCUT2D eigenvalue weighted by molar-refractivity contribution is -0.385. The normalized spacial score (nSPS) is 10.0. The Bertz CT molecular complexity index is 407. The number of nitrogens with one attached hydrogen (secondary N) is 1. The van der Waals surface area contributed by atoms with Crippen LogP contribution in [0.3, 0.4) is 0 Å². The fraction of sp³-hybridized carbons (Fsp3) is 0.500. The molecule has 0 amide bonds. The summed E-state index contributed by atoms with van der Waals surface area (Å²) in [7, 11) is 0. The van der Waals surface area contributed by atoms with E-state index in [1.54, 1.807) is 0 Å². The van der Waals surface area contributed by atoms with Gasteiger partial charge in [0.2, 0.25) is 5.95 Å². The van der Waals surface area contributed by atoms with Gasteiger partial charge < -0.3 is 10.4 Å². The number of hydrogen-bond donors (Lipinski definition) is 2. The van der Waals surface area contributed by atoms with Gasteiger partial charge in [-0.3, -0.25) is 14.9 Å². The fourth-order valence-corrected chi connectivity index (χ4v) is 1.28. The fourth-order valence-electron chi connectivity index (χ4n) is 1.28. The second-order valence-electron chi connectivity index (χ2n) is 3.65. The highest BCUT2D eigenvalue weighted by Gasteiger charge is 2.05. The van der Waals surface area contributed by atoms with Gasteiger partial charge in [0.15, 0.2) is 0 Å². The van der Waals surface area contributed by atoms with Crippen LogP contribution in [0.15, 0.2) is 12.4 Å². The lowest BCUT2D eigenvalue weighted by Gasteiger charge is -2.03. The molecule has 0 bridgehead atoms. The molecule has 8 heteroatoms. The number of nitro groups is 1. The van der Waals surface area contributed by atoms with E-state index in [0.717, 1.165) is 25.2 Å². The number of anilines is 1. The van der Waals surface area contributed by atoms with Gasteiger partial charge in [0.25, 0.3) is 0 Å². The van der Waals surface area contributed by atoms with Gasteiger partial charge in [-0.25, -0.2) is 9.97 Å². The van der Waals surface area contributed by atoms with Gasteiger partial charge in [-0.1, -0.05) is 6.42 Å². The second-order valence-corrected chi connectivity index (χ2v) is 3.65. The first kappa shape index (κ1) is 13.8. The van der Waals surface area contributed by atoms with Crippen LogP contribution in [0.1, 0.15) is 25.7 Å². The average Bonchev–Trinajstić information content (AvgIpc) is 2.34. The van der Waals surface area contributed by atoms with Crippen molar-refractivity contribution in [1.29, 1.82) is 0 Å². The molecule has 0 atom stereocenters. The van der Waals surface area contributed by atoms with Crippen LogP contribution in [0.4, 0.5) is 11.6 Å². The predicted molar refractivity (Wildman–Crippen MR) is 63.3 cm³/mol. The highest BCUT2D eigenvalue weighted by molar-refractivity contribution is 5.66. The average molecular weight is 254 g/mol. The minimum Gasteiger partial charge on any atom is -0.481 e. The molecule has 0 aromatic carbocycles. The number of hydrogen-bond acceptors (Lipinski definition) is 6. The van der Waals surface area contributed by atoms with E-state index in [4.69, 9.17) is 5.11 Å². The van der Waals surface area contributed by atoms with E-state index in [0.29, 0.717) is 18.9 Å². The van der Waals surface area contributed by atoms with Crippen molar-refractivity contribution in [1.82, 2.24) is 9.97 Å². The third kappa shape index (κ3) is 5.19. The summed E-state index contributed by atoms with van der Waals surface area (Å²) in [5.74, 6) is -0.458. The largest absolute Gasteiger partial charge is 0.481 e. The Morgan fingerprint density at radius 2 is 2.00 bits per heavy atom. The molecular weight excluding hydrogens is 240 g/mol. The minimum absolute atomic E-state index is 0.151. The van der Waals surface area contributed by atoms with E-state index in [-0.39, 0.29) is 12.1 Å². The molecule has 0 unspecified atom stereocenters. The molecule has 1 aromatic heterocycles. The topological polar surface area (TPSA) is 118 Å². The number of carboxylic acids is 1. The molecule has 2 N–H and O–H groups in total. The molecular formula is C10H14N4O4. The first-order chi connectivity index (χ1) is 8.59. The quantitative estimate of drug-likeness (QED) is 0.409. The third-order valence-corrected chi connectivity index (χ3v) is 2.20. The lowest BCUT2D eigenvalue weighted by Crippen LogP contribution is -2.05. The SMILES string of the molecule is O=C(O)CCCCCNc1ncc([N+](=O)[O-])cn1. The first-order valence-corrected chi connectivity index (χ1v) is 5.51. The summed E-state index contributed by atoms with van der Waals surface area (Å²) in [5, 5.41) is 21.7. The van der Waals surface area contributed by atoms with Crippen LogP contribution in [-0.2, 0) is 4.79 Å². The van der Waals surface area contributed by atoms with Gasteiger partial charge in [-0.2, -0.15) is 0 Å². The molecule has 1 aromatic rings. The number of carbonyl (C=O) groups is 1. The van der Waals surface area contributed by atoms with Gasteiger partial charge >= 0.3 is 11.7 Å². The predicted octanol–water partition coefficient (Wildman–Crippen LogP) is 1.44. The summed E-state index contributed by atoms with van der Waals surface area (Å²) < 4.78 is 0. The Balaban J connectivity index is 2.19. The van der Waals surface area contributed by atoms with E-state index in [2.05, 4.69) is 15.3 Å². The van der Waals surface area contributed by atoms with Gasteiger partial charge in [-0.15, -0.1) is 0 Å². The smallest absolute Gasteiger partial charge is 0.305 e. The van der Waals surface area contributed by atoms with Crippen molar-refractivity contribution in [3.8, 4) is 0 Å². The highest BCUT2D eigenvalue weighted by Crippen LogP contribution is 2.08. The van der Waals surface area contributed by atoms with E-state index < -0.39 is 10.9 Å². The van der Waals surface area contributed by atoms with Crippen LogP contribution in [0.5, 0.6) is 0 Å². The number of aromatic nitrogens is 2. The number of carboxylic acid groups (broad SMARTS) is 1. The zero-order chi connectivity index (χ0) is 13.4. The molecule has 1 heterocycles. The molecule has 0 aliphatic carbocycles. The van der Waals surface area contributed by atoms with Crippen LogP contribution in [0.2, 0.25) is 0 Å². The maximum Gasteiger partial charge on any atom is 0.305 e. The van der Waals surface area contributed by atoms with Crippen LogP contribution >= 0.6 is 0 Å². The van der Waals surface area contributed by atoms with Crippen molar-refractivity contribution < 1.29 is 14.8 Å². The maximum absolute atomic E-state index is 10.4. The van der Waals surface area contributed by atoms with Gasteiger partial charge in [0, 0.05) is 13.0 Å². The van der Waals surface area contributed by atoms with E-state index >= 15 is 0 Å². The van der Waals surface area contributed by atoms with Crippen molar-refractivity contribution in [3.05, 3.63) is 22.5 Å². The summed E-state index contributed by atoms with van der Waals surface area (Å²) in [6, 6.07) is 0. The second kappa shape index (κ2) is 7.15. The Kier molecular flexibility index (Phi) is 5.49. The van der Waals surface area contributed by atoms with Crippen LogP contribution in [0.25, 0.3) is 0 Å². The molecule has 8 nitrogen and oxygen atoms in total. The van der Waals surface area contributed by atoms with Gasteiger partial charge in [0.1, 0.15) is 12.4 Å². The molecule has 0 fully saturated rings. The summed E-state index contributed by atoms with van der Waals surface area (Å²) in [5.41, 5.74) is -0.151. The molecule has 1 rings (SSSR count). The first-order valence-electron chi connectivity index (χ1n) is 5.51. The zero-order valence-electron chi connectivity index (χ0n) is 9.70. The number of rotatable bonds is 8. The van der Waals surface area contributed by atoms with Crippen molar-refractivity contribution in [3.63, 3.8) is 0 Å². The Morgan fingerprint density at radius 3 is 2.56 bits per heavy atom. The summed E-state index contributed by atoms with van der Waals surface area (Å²) in [6.07, 6.45) is 4.69. The monoisotopic (exact) mass is 254 g/mol. The number of unbranched alkanes of at least 4 members (excludes halogenated alkanes) is 2. The standard InChI is InChI=1S/C10H14N4O4/c15-9(16)4-2-1-3-5-11-10-12-6-8(7-13-10)14(17)18/h6-7H,1-5H2,(H,15,16)(H,11,12,13).